The zero-order valence-electron chi connectivity index (χ0n) is 6.50. The molecule has 64 valence electrons. The normalized spacial score (nSPS) is 12.5. The summed E-state index contributed by atoms with van der Waals surface area (Å²) in [6.45, 7) is 3.55. The van der Waals surface area contributed by atoms with Crippen LogP contribution in [-0.2, 0) is 0 Å². The molecule has 0 bridgehead atoms. The molecule has 1 atom stereocenters. The summed E-state index contributed by atoms with van der Waals surface area (Å²) in [6.07, 6.45) is 3.11. The van der Waals surface area contributed by atoms with Crippen LogP contribution in [0.25, 0.3) is 0 Å². The fourth-order valence-electron chi connectivity index (χ4n) is 0.909. The molecule has 0 aliphatic rings. The number of nitrogen functional groups attached to an aromatic ring is 1. The predicted octanol–water partition coefficient (Wildman–Crippen LogP) is 1.50. The summed E-state index contributed by atoms with van der Waals surface area (Å²) >= 11 is 5.78. The van der Waals surface area contributed by atoms with Crippen molar-refractivity contribution in [3.63, 3.8) is 0 Å². The number of nitrogens with two attached hydrogens (primary N) is 2. The number of aromatic nitrogens is 1. The number of rotatable bonds is 2. The van der Waals surface area contributed by atoms with Crippen LogP contribution in [-0.4, -0.2) is 4.98 Å². The van der Waals surface area contributed by atoms with E-state index in [2.05, 4.69) is 11.6 Å². The molecule has 12 heavy (non-hydrogen) atoms. The Kier molecular flexibility index (Phi) is 2.68. The van der Waals surface area contributed by atoms with Gasteiger partial charge in [-0.3, -0.25) is 0 Å². The SMILES string of the molecule is C=CC(N)c1c(N)ccnc1Cl. The average Bonchev–Trinajstić information content (AvgIpc) is 2.03. The van der Waals surface area contributed by atoms with Gasteiger partial charge in [-0.25, -0.2) is 4.98 Å². The zero-order chi connectivity index (χ0) is 9.14. The average molecular weight is 184 g/mol. The lowest BCUT2D eigenvalue weighted by Gasteiger charge is -2.10. The molecule has 1 rings (SSSR count). The number of anilines is 1. The number of nitrogens with zero attached hydrogens (tertiary/aromatic N) is 1. The molecule has 0 saturated heterocycles. The first-order valence-corrected chi connectivity index (χ1v) is 3.82. The summed E-state index contributed by atoms with van der Waals surface area (Å²) in [6, 6.07) is 1.30. The van der Waals surface area contributed by atoms with Crippen molar-refractivity contribution in [1.82, 2.24) is 4.98 Å². The smallest absolute Gasteiger partial charge is 0.136 e. The minimum Gasteiger partial charge on any atom is -0.398 e. The Morgan fingerprint density at radius 3 is 2.83 bits per heavy atom. The van der Waals surface area contributed by atoms with Gasteiger partial charge in [0.25, 0.3) is 0 Å². The molecule has 1 aromatic rings. The Morgan fingerprint density at radius 2 is 2.33 bits per heavy atom. The summed E-state index contributed by atoms with van der Waals surface area (Å²) in [5, 5.41) is 0.336. The molecule has 4 heteroatoms. The Bertz CT molecular complexity index is 278. The van der Waals surface area contributed by atoms with Gasteiger partial charge >= 0.3 is 0 Å². The van der Waals surface area contributed by atoms with Crippen molar-refractivity contribution in [2.75, 3.05) is 5.73 Å². The first kappa shape index (κ1) is 9.03. The molecule has 4 N–H and O–H groups in total. The topological polar surface area (TPSA) is 64.9 Å². The number of halogens is 1. The third-order valence-electron chi connectivity index (χ3n) is 1.56. The molecule has 0 amide bonds. The van der Waals surface area contributed by atoms with Crippen LogP contribution < -0.4 is 11.5 Å². The van der Waals surface area contributed by atoms with E-state index in [1.807, 2.05) is 0 Å². The molecular formula is C8H10ClN3. The Labute approximate surface area is 76.0 Å². The van der Waals surface area contributed by atoms with Gasteiger partial charge in [0.1, 0.15) is 5.15 Å². The van der Waals surface area contributed by atoms with Crippen molar-refractivity contribution in [2.45, 2.75) is 6.04 Å². The molecule has 1 aromatic heterocycles. The van der Waals surface area contributed by atoms with E-state index in [0.717, 1.165) is 0 Å². The molecule has 0 fully saturated rings. The number of pyridine rings is 1. The highest BCUT2D eigenvalue weighted by atomic mass is 35.5. The van der Waals surface area contributed by atoms with Gasteiger partial charge in [-0.2, -0.15) is 0 Å². The Balaban J connectivity index is 3.20. The summed E-state index contributed by atoms with van der Waals surface area (Å²) in [7, 11) is 0. The largest absolute Gasteiger partial charge is 0.398 e. The van der Waals surface area contributed by atoms with Crippen molar-refractivity contribution in [1.29, 1.82) is 0 Å². The second kappa shape index (κ2) is 3.56. The third kappa shape index (κ3) is 1.57. The monoisotopic (exact) mass is 183 g/mol. The molecule has 3 nitrogen and oxygen atoms in total. The van der Waals surface area contributed by atoms with Gasteiger partial charge in [0.2, 0.25) is 0 Å². The second-order valence-electron chi connectivity index (χ2n) is 2.37. The van der Waals surface area contributed by atoms with Crippen molar-refractivity contribution in [2.24, 2.45) is 5.73 Å². The second-order valence-corrected chi connectivity index (χ2v) is 2.72. The summed E-state index contributed by atoms with van der Waals surface area (Å²) in [5.74, 6) is 0. The van der Waals surface area contributed by atoms with Gasteiger partial charge in [-0.15, -0.1) is 6.58 Å². The van der Waals surface area contributed by atoms with E-state index in [4.69, 9.17) is 23.1 Å². The highest BCUT2D eigenvalue weighted by Crippen LogP contribution is 2.25. The van der Waals surface area contributed by atoms with E-state index < -0.39 is 0 Å². The van der Waals surface area contributed by atoms with Gasteiger partial charge in [0, 0.05) is 17.4 Å². The molecule has 0 spiro atoms. The van der Waals surface area contributed by atoms with E-state index >= 15 is 0 Å². The molecule has 1 unspecified atom stereocenters. The highest BCUT2D eigenvalue weighted by molar-refractivity contribution is 6.30. The van der Waals surface area contributed by atoms with Crippen molar-refractivity contribution in [3.05, 3.63) is 35.6 Å². The third-order valence-corrected chi connectivity index (χ3v) is 1.86. The van der Waals surface area contributed by atoms with Crippen molar-refractivity contribution < 1.29 is 0 Å². The van der Waals surface area contributed by atoms with Crippen LogP contribution in [0.5, 0.6) is 0 Å². The number of hydrogen-bond acceptors (Lipinski definition) is 3. The fourth-order valence-corrected chi connectivity index (χ4v) is 1.20. The Morgan fingerprint density at radius 1 is 1.67 bits per heavy atom. The minimum absolute atomic E-state index is 0.336. The van der Waals surface area contributed by atoms with Crippen LogP contribution in [0, 0.1) is 0 Å². The molecular weight excluding hydrogens is 174 g/mol. The lowest BCUT2D eigenvalue weighted by Crippen LogP contribution is -2.10. The molecule has 0 radical (unpaired) electrons. The van der Waals surface area contributed by atoms with Crippen LogP contribution in [0.15, 0.2) is 24.9 Å². The summed E-state index contributed by atoms with van der Waals surface area (Å²) in [4.78, 5) is 3.87. The molecule has 0 aliphatic heterocycles. The van der Waals surface area contributed by atoms with Crippen molar-refractivity contribution in [3.8, 4) is 0 Å². The first-order chi connectivity index (χ1) is 5.66. The predicted molar refractivity (Wildman–Crippen MR) is 50.8 cm³/mol. The maximum Gasteiger partial charge on any atom is 0.136 e. The summed E-state index contributed by atoms with van der Waals surface area (Å²) < 4.78 is 0. The molecule has 0 aromatic carbocycles. The summed E-state index contributed by atoms with van der Waals surface area (Å²) in [5.41, 5.74) is 12.5. The molecule has 0 aliphatic carbocycles. The van der Waals surface area contributed by atoms with Crippen LogP contribution >= 0.6 is 11.6 Å². The van der Waals surface area contributed by atoms with E-state index in [-0.39, 0.29) is 6.04 Å². The number of hydrogen-bond donors (Lipinski definition) is 2. The Hall–Kier alpha value is -1.06. The molecule has 0 saturated carbocycles. The first-order valence-electron chi connectivity index (χ1n) is 3.45. The zero-order valence-corrected chi connectivity index (χ0v) is 7.25. The van der Waals surface area contributed by atoms with Gasteiger partial charge in [-0.1, -0.05) is 17.7 Å². The van der Waals surface area contributed by atoms with Crippen molar-refractivity contribution >= 4 is 17.3 Å². The van der Waals surface area contributed by atoms with E-state index in [0.29, 0.717) is 16.4 Å². The van der Waals surface area contributed by atoms with Crippen LogP contribution in [0.1, 0.15) is 11.6 Å². The van der Waals surface area contributed by atoms with E-state index in [1.54, 1.807) is 12.1 Å². The van der Waals surface area contributed by atoms with Gasteiger partial charge in [-0.05, 0) is 6.07 Å². The van der Waals surface area contributed by atoms with Gasteiger partial charge in [0.15, 0.2) is 0 Å². The van der Waals surface area contributed by atoms with Gasteiger partial charge in [0.05, 0.1) is 6.04 Å². The minimum atomic E-state index is -0.355. The van der Waals surface area contributed by atoms with Crippen LogP contribution in [0.4, 0.5) is 5.69 Å². The maximum atomic E-state index is 5.78. The van der Waals surface area contributed by atoms with Crippen LogP contribution in [0.3, 0.4) is 0 Å². The van der Waals surface area contributed by atoms with Gasteiger partial charge < -0.3 is 11.5 Å². The standard InChI is InChI=1S/C8H10ClN3/c1-2-5(10)7-6(11)3-4-12-8(7)9/h2-5H,1,10H2,(H2,11,12). The lowest BCUT2D eigenvalue weighted by atomic mass is 10.1. The van der Waals surface area contributed by atoms with E-state index in [9.17, 15) is 0 Å². The highest BCUT2D eigenvalue weighted by Gasteiger charge is 2.10. The fraction of sp³-hybridized carbons (Fsp3) is 0.125. The van der Waals surface area contributed by atoms with Crippen LogP contribution in [0.2, 0.25) is 5.15 Å². The molecule has 1 heterocycles. The quantitative estimate of drug-likeness (QED) is 0.540. The maximum absolute atomic E-state index is 5.78. The lowest BCUT2D eigenvalue weighted by molar-refractivity contribution is 0.908. The van der Waals surface area contributed by atoms with E-state index in [1.165, 1.54) is 6.20 Å².